The highest BCUT2D eigenvalue weighted by Gasteiger charge is 2.07. The van der Waals surface area contributed by atoms with Gasteiger partial charge in [0.05, 0.1) is 26.5 Å². The van der Waals surface area contributed by atoms with Gasteiger partial charge in [-0.1, -0.05) is 52.5 Å². The summed E-state index contributed by atoms with van der Waals surface area (Å²) in [4.78, 5) is 11.9. The van der Waals surface area contributed by atoms with Crippen molar-refractivity contribution in [2.75, 3.05) is 11.1 Å². The minimum Gasteiger partial charge on any atom is -0.324 e. The highest BCUT2D eigenvalue weighted by molar-refractivity contribution is 7.99. The molecule has 0 heterocycles. The molecule has 0 spiro atoms. The lowest BCUT2D eigenvalue weighted by molar-refractivity contribution is -0.113. The first kappa shape index (κ1) is 17.8. The van der Waals surface area contributed by atoms with Gasteiger partial charge < -0.3 is 5.32 Å². The predicted octanol–water partition coefficient (Wildman–Crippen LogP) is 6.17. The number of carbonyl (C=O) groups excluding carboxylic acids is 1. The molecule has 0 unspecified atom stereocenters. The van der Waals surface area contributed by atoms with Crippen molar-refractivity contribution in [2.24, 2.45) is 0 Å². The van der Waals surface area contributed by atoms with Crippen LogP contribution in [0.5, 0.6) is 0 Å². The molecule has 2 rings (SSSR count). The van der Waals surface area contributed by atoms with Gasteiger partial charge in [0.1, 0.15) is 0 Å². The quantitative estimate of drug-likeness (QED) is 0.656. The number of rotatable bonds is 5. The van der Waals surface area contributed by atoms with Crippen LogP contribution in [0.3, 0.4) is 0 Å². The van der Waals surface area contributed by atoms with Crippen LogP contribution in [0.25, 0.3) is 0 Å². The first-order chi connectivity index (χ1) is 10.5. The van der Waals surface area contributed by atoms with Crippen molar-refractivity contribution >= 4 is 69.8 Å². The Kier molecular flexibility index (Phi) is 6.72. The number of benzene rings is 2. The van der Waals surface area contributed by atoms with Crippen molar-refractivity contribution in [3.05, 3.63) is 62.1 Å². The number of hydrogen-bond acceptors (Lipinski definition) is 2. The van der Waals surface area contributed by atoms with Crippen LogP contribution in [-0.2, 0) is 10.5 Å². The van der Waals surface area contributed by atoms with Crippen molar-refractivity contribution in [1.29, 1.82) is 0 Å². The third kappa shape index (κ3) is 5.25. The second-order valence-electron chi connectivity index (χ2n) is 4.41. The fourth-order valence-electron chi connectivity index (χ4n) is 1.67. The van der Waals surface area contributed by atoms with Crippen LogP contribution in [0.2, 0.25) is 20.1 Å². The third-order valence-electron chi connectivity index (χ3n) is 2.69. The lowest BCUT2D eigenvalue weighted by Gasteiger charge is -2.08. The van der Waals surface area contributed by atoms with Gasteiger partial charge in [-0.3, -0.25) is 4.79 Å². The topological polar surface area (TPSA) is 29.1 Å². The molecule has 1 amide bonds. The fraction of sp³-hybridized carbons (Fsp3) is 0.133. The number of carbonyl (C=O) groups is 1. The fourth-order valence-corrected chi connectivity index (χ4v) is 3.10. The van der Waals surface area contributed by atoms with E-state index in [0.717, 1.165) is 5.56 Å². The molecule has 2 aromatic carbocycles. The molecule has 7 heteroatoms. The van der Waals surface area contributed by atoms with Gasteiger partial charge in [0.25, 0.3) is 0 Å². The Morgan fingerprint density at radius 1 is 0.955 bits per heavy atom. The van der Waals surface area contributed by atoms with E-state index in [9.17, 15) is 4.79 Å². The van der Waals surface area contributed by atoms with Gasteiger partial charge in [0, 0.05) is 10.8 Å². The molecule has 2 nitrogen and oxygen atoms in total. The summed E-state index contributed by atoms with van der Waals surface area (Å²) in [6, 6.07) is 10.3. The predicted molar refractivity (Wildman–Crippen MR) is 97.7 cm³/mol. The summed E-state index contributed by atoms with van der Waals surface area (Å²) in [6.45, 7) is 0. The standard InChI is InChI=1S/C15H11Cl4NOS/c16-10-2-4-12(18)14(6-10)20-15(21)8-22-7-9-1-3-11(17)13(19)5-9/h1-6H,7-8H2,(H,20,21). The summed E-state index contributed by atoms with van der Waals surface area (Å²) in [6.07, 6.45) is 0. The van der Waals surface area contributed by atoms with Gasteiger partial charge in [-0.05, 0) is 35.9 Å². The van der Waals surface area contributed by atoms with Gasteiger partial charge in [-0.25, -0.2) is 0 Å². The Bertz CT molecular complexity index is 693. The molecule has 1 N–H and O–H groups in total. The third-order valence-corrected chi connectivity index (χ3v) is 5.00. The van der Waals surface area contributed by atoms with E-state index in [0.29, 0.717) is 37.3 Å². The molecule has 0 saturated heterocycles. The SMILES string of the molecule is O=C(CSCc1ccc(Cl)c(Cl)c1)Nc1cc(Cl)ccc1Cl. The molecule has 0 aromatic heterocycles. The normalized spacial score (nSPS) is 10.5. The molecule has 0 atom stereocenters. The van der Waals surface area contributed by atoms with E-state index in [-0.39, 0.29) is 5.91 Å². The van der Waals surface area contributed by atoms with Crippen LogP contribution in [0.1, 0.15) is 5.56 Å². The van der Waals surface area contributed by atoms with Crippen molar-refractivity contribution in [2.45, 2.75) is 5.75 Å². The molecule has 0 aliphatic carbocycles. The maximum Gasteiger partial charge on any atom is 0.234 e. The van der Waals surface area contributed by atoms with E-state index in [1.807, 2.05) is 6.07 Å². The van der Waals surface area contributed by atoms with E-state index in [2.05, 4.69) is 5.32 Å². The minimum absolute atomic E-state index is 0.144. The molecular weight excluding hydrogens is 384 g/mol. The van der Waals surface area contributed by atoms with Crippen molar-refractivity contribution in [3.8, 4) is 0 Å². The minimum atomic E-state index is -0.144. The highest BCUT2D eigenvalue weighted by atomic mass is 35.5. The molecule has 0 aliphatic heterocycles. The van der Waals surface area contributed by atoms with E-state index >= 15 is 0 Å². The van der Waals surface area contributed by atoms with Gasteiger partial charge in [0.15, 0.2) is 0 Å². The maximum atomic E-state index is 11.9. The summed E-state index contributed by atoms with van der Waals surface area (Å²) in [7, 11) is 0. The van der Waals surface area contributed by atoms with Crippen LogP contribution < -0.4 is 5.32 Å². The lowest BCUT2D eigenvalue weighted by Crippen LogP contribution is -2.14. The summed E-state index contributed by atoms with van der Waals surface area (Å²) in [5.74, 6) is 0.811. The summed E-state index contributed by atoms with van der Waals surface area (Å²) >= 11 is 25.1. The van der Waals surface area contributed by atoms with Gasteiger partial charge in [-0.15, -0.1) is 11.8 Å². The average molecular weight is 395 g/mol. The number of halogens is 4. The molecule has 116 valence electrons. The Balaban J connectivity index is 1.85. The van der Waals surface area contributed by atoms with Crippen LogP contribution in [-0.4, -0.2) is 11.7 Å². The average Bonchev–Trinajstić information content (AvgIpc) is 2.47. The molecule has 0 radical (unpaired) electrons. The number of hydrogen-bond donors (Lipinski definition) is 1. The second kappa shape index (κ2) is 8.32. The molecular formula is C15H11Cl4NOS. The van der Waals surface area contributed by atoms with E-state index in [1.165, 1.54) is 11.8 Å². The van der Waals surface area contributed by atoms with Gasteiger partial charge >= 0.3 is 0 Å². The first-order valence-corrected chi connectivity index (χ1v) is 8.89. The smallest absolute Gasteiger partial charge is 0.234 e. The molecule has 0 fully saturated rings. The van der Waals surface area contributed by atoms with E-state index in [1.54, 1.807) is 30.3 Å². The first-order valence-electron chi connectivity index (χ1n) is 6.22. The summed E-state index contributed by atoms with van der Waals surface area (Å²) < 4.78 is 0. The largest absolute Gasteiger partial charge is 0.324 e. The highest BCUT2D eigenvalue weighted by Crippen LogP contribution is 2.26. The monoisotopic (exact) mass is 393 g/mol. The van der Waals surface area contributed by atoms with Crippen LogP contribution in [0.15, 0.2) is 36.4 Å². The number of nitrogens with one attached hydrogen (secondary N) is 1. The Morgan fingerprint density at radius 3 is 2.41 bits per heavy atom. The Labute approximate surface area is 153 Å². The van der Waals surface area contributed by atoms with E-state index < -0.39 is 0 Å². The number of amides is 1. The van der Waals surface area contributed by atoms with Crippen LogP contribution >= 0.6 is 58.2 Å². The zero-order valence-corrected chi connectivity index (χ0v) is 15.0. The van der Waals surface area contributed by atoms with Crippen molar-refractivity contribution < 1.29 is 4.79 Å². The number of anilines is 1. The lowest BCUT2D eigenvalue weighted by atomic mass is 10.2. The molecule has 22 heavy (non-hydrogen) atoms. The van der Waals surface area contributed by atoms with E-state index in [4.69, 9.17) is 46.4 Å². The summed E-state index contributed by atoms with van der Waals surface area (Å²) in [5.41, 5.74) is 1.52. The molecule has 0 aliphatic rings. The van der Waals surface area contributed by atoms with Crippen molar-refractivity contribution in [1.82, 2.24) is 0 Å². The summed E-state index contributed by atoms with van der Waals surface area (Å²) in [5, 5.41) is 4.73. The Morgan fingerprint density at radius 2 is 1.68 bits per heavy atom. The van der Waals surface area contributed by atoms with Gasteiger partial charge in [-0.2, -0.15) is 0 Å². The zero-order valence-electron chi connectivity index (χ0n) is 11.2. The maximum absolute atomic E-state index is 11.9. The molecule has 2 aromatic rings. The number of thioether (sulfide) groups is 1. The zero-order chi connectivity index (χ0) is 16.1. The molecule has 0 saturated carbocycles. The molecule has 0 bridgehead atoms. The second-order valence-corrected chi connectivity index (χ2v) is 7.06. The van der Waals surface area contributed by atoms with Crippen LogP contribution in [0.4, 0.5) is 5.69 Å². The van der Waals surface area contributed by atoms with Crippen molar-refractivity contribution in [3.63, 3.8) is 0 Å². The Hall–Kier alpha value is -0.580. The van der Waals surface area contributed by atoms with Gasteiger partial charge in [0.2, 0.25) is 5.91 Å². The van der Waals surface area contributed by atoms with Crippen LogP contribution in [0, 0.1) is 0 Å².